The van der Waals surface area contributed by atoms with Gasteiger partial charge < -0.3 is 5.32 Å². The Morgan fingerprint density at radius 1 is 0.893 bits per heavy atom. The largest absolute Gasteiger partial charge is 0.324 e. The zero-order chi connectivity index (χ0) is 19.6. The molecule has 142 valence electrons. The predicted octanol–water partition coefficient (Wildman–Crippen LogP) is 5.28. The van der Waals surface area contributed by atoms with Gasteiger partial charge >= 0.3 is 0 Å². The van der Waals surface area contributed by atoms with E-state index in [2.05, 4.69) is 41.5 Å². The Bertz CT molecular complexity index is 857. The number of nitrogens with one attached hydrogen (secondary N) is 2. The van der Waals surface area contributed by atoms with Gasteiger partial charge in [-0.3, -0.25) is 10.1 Å². The minimum absolute atomic E-state index is 0.0430. The molecule has 0 aromatic heterocycles. The van der Waals surface area contributed by atoms with Crippen molar-refractivity contribution in [2.75, 3.05) is 17.6 Å². The molecule has 3 aromatic carbocycles. The lowest BCUT2D eigenvalue weighted by Crippen LogP contribution is -2.32. The Labute approximate surface area is 170 Å². The third-order valence-electron chi connectivity index (χ3n) is 4.25. The van der Waals surface area contributed by atoms with Crippen molar-refractivity contribution >= 4 is 23.4 Å². The smallest absolute Gasteiger partial charge is 0.238 e. The number of thioether (sulfide) groups is 1. The van der Waals surface area contributed by atoms with Crippen LogP contribution in [0.3, 0.4) is 0 Å². The number of carbonyl (C=O) groups is 1. The highest BCUT2D eigenvalue weighted by Gasteiger charge is 2.15. The molecule has 28 heavy (non-hydrogen) atoms. The second-order valence-electron chi connectivity index (χ2n) is 6.28. The molecule has 3 aromatic rings. The first kappa shape index (κ1) is 19.9. The molecule has 0 aliphatic carbocycles. The van der Waals surface area contributed by atoms with Crippen molar-refractivity contribution < 1.29 is 4.79 Å². The van der Waals surface area contributed by atoms with Crippen LogP contribution in [0, 0.1) is 0 Å². The molecule has 0 fully saturated rings. The van der Waals surface area contributed by atoms with Gasteiger partial charge in [0.2, 0.25) is 5.91 Å². The maximum Gasteiger partial charge on any atom is 0.238 e. The molecule has 0 spiro atoms. The summed E-state index contributed by atoms with van der Waals surface area (Å²) in [6.45, 7) is 3.97. The molecule has 0 atom stereocenters. The molecule has 3 nitrogen and oxygen atoms in total. The number of anilines is 1. The van der Waals surface area contributed by atoms with Gasteiger partial charge in [-0.2, -0.15) is 0 Å². The van der Waals surface area contributed by atoms with Crippen molar-refractivity contribution in [2.24, 2.45) is 0 Å². The summed E-state index contributed by atoms with van der Waals surface area (Å²) in [5.41, 5.74) is 3.09. The number of para-hydroxylation sites is 1. The first-order valence-corrected chi connectivity index (χ1v) is 10.2. The average Bonchev–Trinajstić information content (AvgIpc) is 2.75. The third-order valence-corrected chi connectivity index (χ3v) is 5.32. The lowest BCUT2D eigenvalue weighted by molar-refractivity contribution is -0.115. The molecule has 0 aliphatic heterocycles. The zero-order valence-corrected chi connectivity index (χ0v) is 16.5. The van der Waals surface area contributed by atoms with Crippen LogP contribution in [0.15, 0.2) is 102 Å². The number of rotatable bonds is 9. The maximum atomic E-state index is 12.6. The van der Waals surface area contributed by atoms with E-state index >= 15 is 0 Å². The highest BCUT2D eigenvalue weighted by Crippen LogP contribution is 2.27. The van der Waals surface area contributed by atoms with Crippen molar-refractivity contribution in [3.8, 4) is 0 Å². The van der Waals surface area contributed by atoms with Gasteiger partial charge in [-0.05, 0) is 23.3 Å². The first-order chi connectivity index (χ1) is 13.8. The van der Waals surface area contributed by atoms with Crippen LogP contribution in [-0.2, 0) is 4.79 Å². The van der Waals surface area contributed by atoms with Crippen molar-refractivity contribution in [3.05, 3.63) is 109 Å². The second-order valence-corrected chi connectivity index (χ2v) is 7.34. The molecule has 3 rings (SSSR count). The molecule has 0 unspecified atom stereocenters. The van der Waals surface area contributed by atoms with Gasteiger partial charge in [0.15, 0.2) is 0 Å². The molecule has 0 radical (unpaired) electrons. The monoisotopic (exact) mass is 388 g/mol. The summed E-state index contributed by atoms with van der Waals surface area (Å²) in [7, 11) is 0. The Kier molecular flexibility index (Phi) is 7.47. The number of hydrogen-bond donors (Lipinski definition) is 2. The molecule has 0 saturated heterocycles. The van der Waals surface area contributed by atoms with E-state index < -0.39 is 0 Å². The van der Waals surface area contributed by atoms with Gasteiger partial charge in [-0.1, -0.05) is 78.9 Å². The summed E-state index contributed by atoms with van der Waals surface area (Å²) < 4.78 is 0. The van der Waals surface area contributed by atoms with Gasteiger partial charge in [0.05, 0.1) is 18.3 Å². The van der Waals surface area contributed by atoms with Crippen LogP contribution in [0.25, 0.3) is 0 Å². The number of hydrogen-bond acceptors (Lipinski definition) is 3. The summed E-state index contributed by atoms with van der Waals surface area (Å²) >= 11 is 1.65. The Morgan fingerprint density at radius 3 is 2.07 bits per heavy atom. The highest BCUT2D eigenvalue weighted by molar-refractivity contribution is 7.99. The summed E-state index contributed by atoms with van der Waals surface area (Å²) in [5.74, 6) is 0.735. The van der Waals surface area contributed by atoms with E-state index in [-0.39, 0.29) is 18.5 Å². The van der Waals surface area contributed by atoms with Crippen LogP contribution in [0.2, 0.25) is 0 Å². The van der Waals surface area contributed by atoms with Crippen LogP contribution in [-0.4, -0.2) is 18.2 Å². The fourth-order valence-corrected chi connectivity index (χ4v) is 3.70. The fourth-order valence-electron chi connectivity index (χ4n) is 2.95. The van der Waals surface area contributed by atoms with E-state index in [1.54, 1.807) is 11.8 Å². The second kappa shape index (κ2) is 10.5. The number of benzene rings is 3. The minimum Gasteiger partial charge on any atom is -0.324 e. The predicted molar refractivity (Wildman–Crippen MR) is 119 cm³/mol. The van der Waals surface area contributed by atoms with Gasteiger partial charge in [0.1, 0.15) is 0 Å². The topological polar surface area (TPSA) is 41.1 Å². The molecule has 0 heterocycles. The zero-order valence-electron chi connectivity index (χ0n) is 15.7. The summed E-state index contributed by atoms with van der Waals surface area (Å²) in [6, 6.07) is 28.1. The molecule has 1 amide bonds. The normalized spacial score (nSPS) is 10.6. The molecule has 0 aliphatic rings. The number of amides is 1. The van der Waals surface area contributed by atoms with Gasteiger partial charge in [-0.25, -0.2) is 0 Å². The van der Waals surface area contributed by atoms with Crippen LogP contribution in [0.1, 0.15) is 17.2 Å². The first-order valence-electron chi connectivity index (χ1n) is 9.24. The third kappa shape index (κ3) is 5.59. The Balaban J connectivity index is 1.69. The maximum absolute atomic E-state index is 12.6. The molecule has 0 bridgehead atoms. The summed E-state index contributed by atoms with van der Waals surface area (Å²) in [5, 5.41) is 6.42. The average molecular weight is 389 g/mol. The lowest BCUT2D eigenvalue weighted by Gasteiger charge is -2.20. The van der Waals surface area contributed by atoms with E-state index in [0.29, 0.717) is 0 Å². The summed E-state index contributed by atoms with van der Waals surface area (Å²) in [4.78, 5) is 13.6. The fraction of sp³-hybridized carbons (Fsp3) is 0.125. The Hall–Kier alpha value is -2.82. The number of carbonyl (C=O) groups excluding carboxylic acids is 1. The molecule has 2 N–H and O–H groups in total. The standard InChI is InChI=1S/C24H24N2OS/c1-2-17-28-22-16-10-9-15-21(22)26-23(27)18-25-24(19-11-5-3-6-12-19)20-13-7-4-8-14-20/h2-16,24-25H,1,17-18H2,(H,26,27). The van der Waals surface area contributed by atoms with Crippen molar-refractivity contribution in [2.45, 2.75) is 10.9 Å². The summed E-state index contributed by atoms with van der Waals surface area (Å²) in [6.07, 6.45) is 1.86. The van der Waals surface area contributed by atoms with Crippen LogP contribution >= 0.6 is 11.8 Å². The van der Waals surface area contributed by atoms with Crippen molar-refractivity contribution in [1.29, 1.82) is 0 Å². The molecular formula is C24H24N2OS. The van der Waals surface area contributed by atoms with E-state index in [9.17, 15) is 4.79 Å². The van der Waals surface area contributed by atoms with Crippen LogP contribution < -0.4 is 10.6 Å². The Morgan fingerprint density at radius 2 is 1.46 bits per heavy atom. The van der Waals surface area contributed by atoms with E-state index in [4.69, 9.17) is 0 Å². The SMILES string of the molecule is C=CCSc1ccccc1NC(=O)CNC(c1ccccc1)c1ccccc1. The minimum atomic E-state index is -0.0662. The van der Waals surface area contributed by atoms with Crippen molar-refractivity contribution in [3.63, 3.8) is 0 Å². The van der Waals surface area contributed by atoms with E-state index in [1.807, 2.05) is 66.7 Å². The van der Waals surface area contributed by atoms with Crippen LogP contribution in [0.5, 0.6) is 0 Å². The highest BCUT2D eigenvalue weighted by atomic mass is 32.2. The van der Waals surface area contributed by atoms with Gasteiger partial charge in [0, 0.05) is 10.6 Å². The van der Waals surface area contributed by atoms with E-state index in [1.165, 1.54) is 0 Å². The lowest BCUT2D eigenvalue weighted by atomic mass is 9.99. The van der Waals surface area contributed by atoms with Crippen LogP contribution in [0.4, 0.5) is 5.69 Å². The molecule has 4 heteroatoms. The van der Waals surface area contributed by atoms with E-state index in [0.717, 1.165) is 27.5 Å². The molecular weight excluding hydrogens is 364 g/mol. The van der Waals surface area contributed by atoms with Gasteiger partial charge in [-0.15, -0.1) is 18.3 Å². The quantitative estimate of drug-likeness (QED) is 0.387. The van der Waals surface area contributed by atoms with Crippen molar-refractivity contribution in [1.82, 2.24) is 5.32 Å². The van der Waals surface area contributed by atoms with Gasteiger partial charge in [0.25, 0.3) is 0 Å². The molecule has 0 saturated carbocycles.